The lowest BCUT2D eigenvalue weighted by molar-refractivity contribution is -0.0498. The molecule has 5 nitrogen and oxygen atoms in total. The van der Waals surface area contributed by atoms with Gasteiger partial charge in [-0.2, -0.15) is 8.78 Å². The Kier molecular flexibility index (Phi) is 6.05. The maximum absolute atomic E-state index is 13.3. The van der Waals surface area contributed by atoms with E-state index in [0.717, 1.165) is 41.5 Å². The van der Waals surface area contributed by atoms with E-state index in [0.29, 0.717) is 23.7 Å². The highest BCUT2D eigenvalue weighted by atomic mass is 19.3. The lowest BCUT2D eigenvalue weighted by Gasteiger charge is -2.29. The number of fused-ring (bicyclic) bond motifs is 1. The molecule has 4 rings (SSSR count). The predicted octanol–water partition coefficient (Wildman–Crippen LogP) is 4.68. The number of aryl methyl sites for hydroxylation is 1. The van der Waals surface area contributed by atoms with Crippen molar-refractivity contribution in [2.45, 2.75) is 64.7 Å². The molecule has 0 aliphatic heterocycles. The van der Waals surface area contributed by atoms with Gasteiger partial charge >= 0.3 is 6.61 Å². The van der Waals surface area contributed by atoms with Crippen LogP contribution in [0.25, 0.3) is 10.9 Å². The van der Waals surface area contributed by atoms with Gasteiger partial charge in [0.2, 0.25) is 0 Å². The van der Waals surface area contributed by atoms with Crippen LogP contribution in [-0.4, -0.2) is 27.4 Å². The summed E-state index contributed by atoms with van der Waals surface area (Å²) in [4.78, 5) is 17.9. The van der Waals surface area contributed by atoms with E-state index in [1.165, 1.54) is 6.07 Å². The maximum Gasteiger partial charge on any atom is 0.387 e. The van der Waals surface area contributed by atoms with Crippen molar-refractivity contribution in [1.82, 2.24) is 9.55 Å². The van der Waals surface area contributed by atoms with Gasteiger partial charge in [-0.1, -0.05) is 25.0 Å². The molecule has 1 saturated carbocycles. The van der Waals surface area contributed by atoms with Crippen molar-refractivity contribution in [3.63, 3.8) is 0 Å². The molecule has 1 aliphatic carbocycles. The summed E-state index contributed by atoms with van der Waals surface area (Å²) in [5.74, 6) is 0.109. The first kappa shape index (κ1) is 21.4. The monoisotopic (exact) mass is 428 g/mol. The summed E-state index contributed by atoms with van der Waals surface area (Å²) >= 11 is 0. The molecule has 0 bridgehead atoms. The zero-order valence-electron chi connectivity index (χ0n) is 17.6. The van der Waals surface area contributed by atoms with Crippen molar-refractivity contribution in [2.75, 3.05) is 0 Å². The van der Waals surface area contributed by atoms with Gasteiger partial charge in [0.25, 0.3) is 5.56 Å². The molecule has 1 aromatic heterocycles. The number of aromatic nitrogens is 2. The molecule has 2 atom stereocenters. The van der Waals surface area contributed by atoms with Crippen molar-refractivity contribution in [3.8, 4) is 5.75 Å². The molecule has 7 heteroatoms. The standard InChI is InChI=1S/C24H26F2N2O3/c1-14-15(2)22-19(23(30)28(13-27-22)20-8-3-4-9-21(20)29)12-17(14)10-16-6-5-7-18(11-16)31-24(25)26/h5-7,11-13,20-21,24,29H,3-4,8-10H2,1-2H3. The SMILES string of the molecule is Cc1c(Cc2cccc(OC(F)F)c2)cc2c(=O)n(C3CCCCC3O)cnc2c1C. The Morgan fingerprint density at radius 2 is 1.97 bits per heavy atom. The number of nitrogens with zero attached hydrogens (tertiary/aromatic N) is 2. The first-order valence-electron chi connectivity index (χ1n) is 10.6. The third-order valence-corrected chi connectivity index (χ3v) is 6.32. The molecule has 31 heavy (non-hydrogen) atoms. The van der Waals surface area contributed by atoms with Crippen LogP contribution in [0.15, 0.2) is 41.5 Å². The number of hydrogen-bond acceptors (Lipinski definition) is 4. The van der Waals surface area contributed by atoms with Crippen molar-refractivity contribution in [2.24, 2.45) is 0 Å². The van der Waals surface area contributed by atoms with Crippen molar-refractivity contribution >= 4 is 10.9 Å². The second-order valence-electron chi connectivity index (χ2n) is 8.26. The normalized spacial score (nSPS) is 19.2. The van der Waals surface area contributed by atoms with Crippen LogP contribution in [0.3, 0.4) is 0 Å². The average molecular weight is 428 g/mol. The quantitative estimate of drug-likeness (QED) is 0.641. The second kappa shape index (κ2) is 8.75. The molecule has 1 aliphatic rings. The Bertz CT molecular complexity index is 1160. The van der Waals surface area contributed by atoms with E-state index < -0.39 is 12.7 Å². The molecule has 3 aromatic rings. The lowest BCUT2D eigenvalue weighted by atomic mass is 9.92. The number of benzene rings is 2. The van der Waals surface area contributed by atoms with Gasteiger partial charge in [0.05, 0.1) is 29.4 Å². The van der Waals surface area contributed by atoms with Gasteiger partial charge in [-0.05, 0) is 73.6 Å². The zero-order chi connectivity index (χ0) is 22.1. The Balaban J connectivity index is 1.75. The number of hydrogen-bond donors (Lipinski definition) is 1. The molecule has 164 valence electrons. The molecule has 1 heterocycles. The summed E-state index contributed by atoms with van der Waals surface area (Å²) in [5.41, 5.74) is 4.17. The summed E-state index contributed by atoms with van der Waals surface area (Å²) < 4.78 is 31.2. The van der Waals surface area contributed by atoms with Crippen LogP contribution in [0.4, 0.5) is 8.78 Å². The predicted molar refractivity (Wildman–Crippen MR) is 115 cm³/mol. The van der Waals surface area contributed by atoms with E-state index >= 15 is 0 Å². The Morgan fingerprint density at radius 1 is 1.19 bits per heavy atom. The largest absolute Gasteiger partial charge is 0.435 e. The summed E-state index contributed by atoms with van der Waals surface area (Å²) in [6.45, 7) is 1.03. The van der Waals surface area contributed by atoms with Crippen LogP contribution in [0, 0.1) is 13.8 Å². The fourth-order valence-electron chi connectivity index (χ4n) is 4.50. The minimum absolute atomic E-state index is 0.109. The molecule has 1 fully saturated rings. The number of halogens is 2. The van der Waals surface area contributed by atoms with Gasteiger partial charge in [0, 0.05) is 0 Å². The van der Waals surface area contributed by atoms with E-state index in [-0.39, 0.29) is 17.4 Å². The van der Waals surface area contributed by atoms with Gasteiger partial charge in [-0.3, -0.25) is 9.36 Å². The summed E-state index contributed by atoms with van der Waals surface area (Å²) in [6.07, 6.45) is 4.86. The van der Waals surface area contributed by atoms with Crippen LogP contribution in [0.2, 0.25) is 0 Å². The van der Waals surface area contributed by atoms with Gasteiger partial charge < -0.3 is 9.84 Å². The average Bonchev–Trinajstić information content (AvgIpc) is 2.73. The molecular formula is C24H26F2N2O3. The Morgan fingerprint density at radius 3 is 2.71 bits per heavy atom. The second-order valence-corrected chi connectivity index (χ2v) is 8.26. The first-order valence-corrected chi connectivity index (χ1v) is 10.6. The van der Waals surface area contributed by atoms with Gasteiger partial charge in [0.15, 0.2) is 0 Å². The fourth-order valence-corrected chi connectivity index (χ4v) is 4.50. The lowest BCUT2D eigenvalue weighted by Crippen LogP contribution is -2.34. The van der Waals surface area contributed by atoms with E-state index in [1.54, 1.807) is 23.0 Å². The highest BCUT2D eigenvalue weighted by Gasteiger charge is 2.26. The first-order chi connectivity index (χ1) is 14.8. The Hall–Kier alpha value is -2.80. The molecule has 2 unspecified atom stereocenters. The summed E-state index contributed by atoms with van der Waals surface area (Å²) in [6, 6.07) is 8.19. The van der Waals surface area contributed by atoms with E-state index in [4.69, 9.17) is 0 Å². The van der Waals surface area contributed by atoms with Gasteiger partial charge in [-0.15, -0.1) is 0 Å². The van der Waals surface area contributed by atoms with Crippen molar-refractivity contribution < 1.29 is 18.6 Å². The third kappa shape index (κ3) is 4.32. The highest BCUT2D eigenvalue weighted by Crippen LogP contribution is 2.29. The molecule has 0 radical (unpaired) electrons. The smallest absolute Gasteiger partial charge is 0.387 e. The molecule has 1 N–H and O–H groups in total. The third-order valence-electron chi connectivity index (χ3n) is 6.32. The number of ether oxygens (including phenoxy) is 1. The number of rotatable bonds is 5. The minimum atomic E-state index is -2.88. The van der Waals surface area contributed by atoms with Crippen LogP contribution in [-0.2, 0) is 6.42 Å². The minimum Gasteiger partial charge on any atom is -0.435 e. The van der Waals surface area contributed by atoms with E-state index in [2.05, 4.69) is 9.72 Å². The highest BCUT2D eigenvalue weighted by molar-refractivity contribution is 5.83. The number of alkyl halides is 2. The zero-order valence-corrected chi connectivity index (χ0v) is 17.6. The fraction of sp³-hybridized carbons (Fsp3) is 0.417. The Labute approximate surface area is 179 Å². The molecular weight excluding hydrogens is 402 g/mol. The molecule has 2 aromatic carbocycles. The number of aliphatic hydroxyl groups is 1. The van der Waals surface area contributed by atoms with Crippen molar-refractivity contribution in [1.29, 1.82) is 0 Å². The molecule has 0 spiro atoms. The van der Waals surface area contributed by atoms with E-state index in [1.807, 2.05) is 26.0 Å². The van der Waals surface area contributed by atoms with Gasteiger partial charge in [-0.25, -0.2) is 4.98 Å². The van der Waals surface area contributed by atoms with Crippen molar-refractivity contribution in [3.05, 3.63) is 69.3 Å². The number of aliphatic hydroxyl groups excluding tert-OH is 1. The maximum atomic E-state index is 13.3. The summed E-state index contributed by atoms with van der Waals surface area (Å²) in [7, 11) is 0. The topological polar surface area (TPSA) is 64.3 Å². The van der Waals surface area contributed by atoms with Gasteiger partial charge in [0.1, 0.15) is 5.75 Å². The van der Waals surface area contributed by atoms with Crippen LogP contribution >= 0.6 is 0 Å². The van der Waals surface area contributed by atoms with Crippen LogP contribution in [0.1, 0.15) is 54.0 Å². The molecule has 0 amide bonds. The molecule has 0 saturated heterocycles. The van der Waals surface area contributed by atoms with Crippen LogP contribution < -0.4 is 10.3 Å². The van der Waals surface area contributed by atoms with Crippen LogP contribution in [0.5, 0.6) is 5.75 Å². The summed E-state index contributed by atoms with van der Waals surface area (Å²) in [5, 5.41) is 10.9. The van der Waals surface area contributed by atoms with E-state index in [9.17, 15) is 18.7 Å².